The monoisotopic (exact) mass is 285 g/mol. The van der Waals surface area contributed by atoms with Crippen LogP contribution in [0.4, 0.5) is 24.7 Å². The average Bonchev–Trinajstić information content (AvgIpc) is 2.73. The van der Waals surface area contributed by atoms with Gasteiger partial charge in [0.05, 0.1) is 11.1 Å². The molecule has 0 bridgehead atoms. The lowest BCUT2D eigenvalue weighted by Gasteiger charge is -2.10. The number of alkyl halides is 3. The molecule has 0 spiro atoms. The zero-order valence-electron chi connectivity index (χ0n) is 10.3. The third-order valence-electron chi connectivity index (χ3n) is 2.49. The number of carbonyl (C=O) groups excluding carboxylic acids is 1. The normalized spacial score (nSPS) is 11.4. The molecule has 2 rings (SSSR count). The van der Waals surface area contributed by atoms with Crippen molar-refractivity contribution in [2.24, 2.45) is 0 Å². The summed E-state index contributed by atoms with van der Waals surface area (Å²) in [5, 5.41) is 5.82. The van der Waals surface area contributed by atoms with Gasteiger partial charge in [0.2, 0.25) is 0 Å². The fourth-order valence-electron chi connectivity index (χ4n) is 1.54. The van der Waals surface area contributed by atoms with Crippen LogP contribution in [0.25, 0.3) is 0 Å². The minimum absolute atomic E-state index is 0.0595. The van der Waals surface area contributed by atoms with Crippen molar-refractivity contribution in [2.45, 2.75) is 13.1 Å². The summed E-state index contributed by atoms with van der Waals surface area (Å²) in [6.07, 6.45) is -4.55. The fraction of sp³-hybridized carbons (Fsp3) is 0.167. The van der Waals surface area contributed by atoms with Crippen molar-refractivity contribution in [3.05, 3.63) is 41.2 Å². The smallest absolute Gasteiger partial charge is 0.398 e. The van der Waals surface area contributed by atoms with Crippen LogP contribution in [0.3, 0.4) is 0 Å². The van der Waals surface area contributed by atoms with Crippen molar-refractivity contribution < 1.29 is 22.5 Å². The number of rotatable bonds is 2. The number of halogens is 3. The molecule has 5 nitrogen and oxygen atoms in total. The highest BCUT2D eigenvalue weighted by Gasteiger charge is 2.31. The Kier molecular flexibility index (Phi) is 3.39. The third kappa shape index (κ3) is 2.90. The van der Waals surface area contributed by atoms with E-state index < -0.39 is 17.6 Å². The number of carbonyl (C=O) groups is 1. The molecule has 0 radical (unpaired) electrons. The Labute approximate surface area is 111 Å². The molecule has 0 saturated carbocycles. The number of hydrogen-bond donors (Lipinski definition) is 2. The van der Waals surface area contributed by atoms with Crippen LogP contribution in [-0.2, 0) is 6.18 Å². The number of hydrogen-bond acceptors (Lipinski definition) is 4. The molecule has 0 aliphatic carbocycles. The molecule has 0 aliphatic rings. The molecule has 1 aromatic carbocycles. The average molecular weight is 285 g/mol. The van der Waals surface area contributed by atoms with Crippen LogP contribution in [0.15, 0.2) is 28.8 Å². The lowest BCUT2D eigenvalue weighted by atomic mass is 10.1. The highest BCUT2D eigenvalue weighted by molar-refractivity contribution is 6.07. The van der Waals surface area contributed by atoms with Crippen molar-refractivity contribution in [3.8, 4) is 0 Å². The molecule has 3 N–H and O–H groups in total. The molecule has 1 heterocycles. The molecule has 20 heavy (non-hydrogen) atoms. The van der Waals surface area contributed by atoms with E-state index in [4.69, 9.17) is 10.3 Å². The zero-order chi connectivity index (χ0) is 14.9. The molecular weight excluding hydrogens is 275 g/mol. The Morgan fingerprint density at radius 1 is 1.35 bits per heavy atom. The second kappa shape index (κ2) is 4.87. The second-order valence-corrected chi connectivity index (χ2v) is 4.08. The van der Waals surface area contributed by atoms with Crippen LogP contribution in [0.5, 0.6) is 0 Å². The van der Waals surface area contributed by atoms with Crippen LogP contribution in [-0.4, -0.2) is 11.1 Å². The quantitative estimate of drug-likeness (QED) is 0.831. The number of benzene rings is 1. The molecular formula is C12H10F3N3O2. The van der Waals surface area contributed by atoms with E-state index in [9.17, 15) is 18.0 Å². The molecule has 0 atom stereocenters. The van der Waals surface area contributed by atoms with Crippen LogP contribution in [0.2, 0.25) is 0 Å². The van der Waals surface area contributed by atoms with Crippen LogP contribution >= 0.6 is 0 Å². The highest BCUT2D eigenvalue weighted by Crippen LogP contribution is 2.31. The number of nitrogens with one attached hydrogen (secondary N) is 1. The van der Waals surface area contributed by atoms with Gasteiger partial charge in [-0.2, -0.15) is 13.2 Å². The van der Waals surface area contributed by atoms with E-state index in [1.54, 1.807) is 6.92 Å². The summed E-state index contributed by atoms with van der Waals surface area (Å²) in [7, 11) is 0. The fourth-order valence-corrected chi connectivity index (χ4v) is 1.54. The van der Waals surface area contributed by atoms with Crippen LogP contribution in [0.1, 0.15) is 21.7 Å². The maximum Gasteiger partial charge on any atom is 0.416 e. The van der Waals surface area contributed by atoms with E-state index in [1.807, 2.05) is 0 Å². The van der Waals surface area contributed by atoms with E-state index in [2.05, 4.69) is 10.5 Å². The first-order valence-corrected chi connectivity index (χ1v) is 5.49. The number of nitrogens with two attached hydrogens (primary N) is 1. The highest BCUT2D eigenvalue weighted by atomic mass is 19.4. The predicted molar refractivity (Wildman–Crippen MR) is 65.0 cm³/mol. The predicted octanol–water partition coefficient (Wildman–Crippen LogP) is 2.84. The Morgan fingerprint density at radius 3 is 2.60 bits per heavy atom. The zero-order valence-corrected chi connectivity index (χ0v) is 10.3. The number of aryl methyl sites for hydroxylation is 1. The molecule has 8 heteroatoms. The molecule has 2 aromatic rings. The van der Waals surface area contributed by atoms with Gasteiger partial charge in [-0.1, -0.05) is 5.16 Å². The third-order valence-corrected chi connectivity index (χ3v) is 2.49. The first kappa shape index (κ1) is 13.9. The first-order valence-electron chi connectivity index (χ1n) is 5.49. The number of anilines is 2. The second-order valence-electron chi connectivity index (χ2n) is 4.08. The first-order chi connectivity index (χ1) is 9.27. The summed E-state index contributed by atoms with van der Waals surface area (Å²) in [6.45, 7) is 1.61. The summed E-state index contributed by atoms with van der Waals surface area (Å²) in [4.78, 5) is 11.9. The van der Waals surface area contributed by atoms with E-state index in [-0.39, 0.29) is 17.1 Å². The van der Waals surface area contributed by atoms with E-state index >= 15 is 0 Å². The number of nitrogens with zero attached hydrogens (tertiary/aromatic N) is 1. The van der Waals surface area contributed by atoms with Gasteiger partial charge >= 0.3 is 6.18 Å². The Bertz CT molecular complexity index is 650. The Morgan fingerprint density at radius 2 is 2.05 bits per heavy atom. The summed E-state index contributed by atoms with van der Waals surface area (Å²) >= 11 is 0. The number of nitrogen functional groups attached to an aromatic ring is 1. The van der Waals surface area contributed by atoms with Gasteiger partial charge in [-0.15, -0.1) is 0 Å². The summed E-state index contributed by atoms with van der Waals surface area (Å²) < 4.78 is 42.5. The minimum Gasteiger partial charge on any atom is -0.398 e. The lowest BCUT2D eigenvalue weighted by Crippen LogP contribution is -2.16. The SMILES string of the molecule is Cc1cc(NC(=O)c2cc(C(F)(F)F)ccc2N)no1. The van der Waals surface area contributed by atoms with Crippen LogP contribution in [0, 0.1) is 6.92 Å². The molecule has 106 valence electrons. The van der Waals surface area contributed by atoms with Gasteiger partial charge in [0, 0.05) is 11.8 Å². The summed E-state index contributed by atoms with van der Waals surface area (Å²) in [5.74, 6) is -0.233. The minimum atomic E-state index is -4.55. The largest absolute Gasteiger partial charge is 0.416 e. The Balaban J connectivity index is 2.29. The van der Waals surface area contributed by atoms with Gasteiger partial charge in [0.1, 0.15) is 5.76 Å². The Hall–Kier alpha value is -2.51. The summed E-state index contributed by atoms with van der Waals surface area (Å²) in [6, 6.07) is 3.97. The molecule has 1 amide bonds. The van der Waals surface area contributed by atoms with Crippen molar-refractivity contribution in [2.75, 3.05) is 11.1 Å². The molecule has 0 fully saturated rings. The summed E-state index contributed by atoms with van der Waals surface area (Å²) in [5.41, 5.74) is 4.23. The number of amides is 1. The molecule has 0 unspecified atom stereocenters. The lowest BCUT2D eigenvalue weighted by molar-refractivity contribution is -0.137. The molecule has 0 aliphatic heterocycles. The topological polar surface area (TPSA) is 81.2 Å². The van der Waals surface area contributed by atoms with E-state index in [0.29, 0.717) is 11.8 Å². The van der Waals surface area contributed by atoms with Gasteiger partial charge in [-0.3, -0.25) is 4.79 Å². The van der Waals surface area contributed by atoms with Gasteiger partial charge in [-0.25, -0.2) is 0 Å². The molecule has 1 aromatic heterocycles. The maximum absolute atomic E-state index is 12.6. The van der Waals surface area contributed by atoms with Crippen molar-refractivity contribution in [3.63, 3.8) is 0 Å². The van der Waals surface area contributed by atoms with E-state index in [0.717, 1.165) is 12.1 Å². The molecule has 0 saturated heterocycles. The van der Waals surface area contributed by atoms with Gasteiger partial charge in [0.25, 0.3) is 5.91 Å². The van der Waals surface area contributed by atoms with Gasteiger partial charge in [-0.05, 0) is 25.1 Å². The number of aromatic nitrogens is 1. The van der Waals surface area contributed by atoms with Crippen molar-refractivity contribution in [1.29, 1.82) is 0 Å². The van der Waals surface area contributed by atoms with E-state index in [1.165, 1.54) is 6.07 Å². The van der Waals surface area contributed by atoms with Crippen molar-refractivity contribution in [1.82, 2.24) is 5.16 Å². The van der Waals surface area contributed by atoms with Gasteiger partial charge < -0.3 is 15.6 Å². The maximum atomic E-state index is 12.6. The van der Waals surface area contributed by atoms with Crippen molar-refractivity contribution >= 4 is 17.4 Å². The standard InChI is InChI=1S/C12H10F3N3O2/c1-6-4-10(18-20-6)17-11(19)8-5-7(12(13,14)15)2-3-9(8)16/h2-5H,16H2,1H3,(H,17,18,19). The van der Waals surface area contributed by atoms with Crippen LogP contribution < -0.4 is 11.1 Å². The van der Waals surface area contributed by atoms with Gasteiger partial charge in [0.15, 0.2) is 5.82 Å².